The van der Waals surface area contributed by atoms with Crippen LogP contribution in [0.1, 0.15) is 32.2 Å². The fourth-order valence-corrected chi connectivity index (χ4v) is 1.43. The number of carbonyl (C=O) groups excluding carboxylic acids is 1. The summed E-state index contributed by atoms with van der Waals surface area (Å²) >= 11 is 0. The van der Waals surface area contributed by atoms with Gasteiger partial charge in [-0.2, -0.15) is 5.10 Å². The minimum atomic E-state index is -0.0753. The predicted molar refractivity (Wildman–Crippen MR) is 65.8 cm³/mol. The van der Waals surface area contributed by atoms with Crippen LogP contribution in [0.25, 0.3) is 0 Å². The molecule has 0 aromatic carbocycles. The number of nitrogens with one attached hydrogen (secondary N) is 2. The van der Waals surface area contributed by atoms with E-state index >= 15 is 0 Å². The third-order valence-electron chi connectivity index (χ3n) is 2.29. The summed E-state index contributed by atoms with van der Waals surface area (Å²) in [6.07, 6.45) is 1.63. The molecule has 0 aliphatic heterocycles. The molecule has 0 spiro atoms. The van der Waals surface area contributed by atoms with E-state index in [1.54, 1.807) is 0 Å². The van der Waals surface area contributed by atoms with E-state index in [-0.39, 0.29) is 12.5 Å². The zero-order valence-corrected chi connectivity index (χ0v) is 10.6. The molecule has 1 heterocycles. The Morgan fingerprint density at radius 3 is 2.41 bits per heavy atom. The van der Waals surface area contributed by atoms with Gasteiger partial charge in [-0.3, -0.25) is 4.79 Å². The number of likely N-dealkylation sites (N-methyl/N-ethyl adjacent to an activating group) is 1. The molecular formula is C11H19N5O. The van der Waals surface area contributed by atoms with Gasteiger partial charge in [-0.25, -0.2) is 4.98 Å². The largest absolute Gasteiger partial charge is 0.355 e. The van der Waals surface area contributed by atoms with Crippen molar-refractivity contribution in [2.24, 2.45) is 0 Å². The Kier molecular flexibility index (Phi) is 5.32. The Balaban J connectivity index is 2.63. The molecular weight excluding hydrogens is 218 g/mol. The molecule has 1 aromatic rings. The standard InChI is InChI=1S/C11H19N5O/c1-4-8-9(5-2)15-16-11(14-8)13-7-10(17)12-6-3/h4-7H2,1-3H3,(H,12,17)(H,13,14,16). The first-order chi connectivity index (χ1) is 8.21. The van der Waals surface area contributed by atoms with E-state index in [0.717, 1.165) is 24.2 Å². The van der Waals surface area contributed by atoms with Gasteiger partial charge in [0.2, 0.25) is 11.9 Å². The van der Waals surface area contributed by atoms with Gasteiger partial charge >= 0.3 is 0 Å². The summed E-state index contributed by atoms with van der Waals surface area (Å²) in [4.78, 5) is 15.6. The highest BCUT2D eigenvalue weighted by molar-refractivity contribution is 5.80. The number of nitrogens with zero attached hydrogens (tertiary/aromatic N) is 3. The SMILES string of the molecule is CCNC(=O)CNc1nnc(CC)c(CC)n1. The van der Waals surface area contributed by atoms with E-state index in [4.69, 9.17) is 0 Å². The van der Waals surface area contributed by atoms with Crippen molar-refractivity contribution in [2.75, 3.05) is 18.4 Å². The molecule has 0 bridgehead atoms. The van der Waals surface area contributed by atoms with Crippen molar-refractivity contribution in [1.29, 1.82) is 0 Å². The number of rotatable bonds is 6. The summed E-state index contributed by atoms with van der Waals surface area (Å²) in [5.41, 5.74) is 1.84. The number of carbonyl (C=O) groups is 1. The highest BCUT2D eigenvalue weighted by Gasteiger charge is 2.06. The third kappa shape index (κ3) is 3.97. The smallest absolute Gasteiger partial charge is 0.243 e. The molecule has 0 saturated carbocycles. The van der Waals surface area contributed by atoms with Gasteiger partial charge in [0.1, 0.15) is 0 Å². The maximum Gasteiger partial charge on any atom is 0.243 e. The van der Waals surface area contributed by atoms with Gasteiger partial charge in [-0.15, -0.1) is 5.10 Å². The molecule has 0 atom stereocenters. The molecule has 2 N–H and O–H groups in total. The lowest BCUT2D eigenvalue weighted by atomic mass is 10.2. The molecule has 17 heavy (non-hydrogen) atoms. The van der Waals surface area contributed by atoms with Crippen molar-refractivity contribution >= 4 is 11.9 Å². The van der Waals surface area contributed by atoms with Crippen molar-refractivity contribution in [2.45, 2.75) is 33.6 Å². The van der Waals surface area contributed by atoms with E-state index in [1.807, 2.05) is 20.8 Å². The first-order valence-corrected chi connectivity index (χ1v) is 5.94. The summed E-state index contributed by atoms with van der Waals surface area (Å²) < 4.78 is 0. The van der Waals surface area contributed by atoms with Crippen LogP contribution >= 0.6 is 0 Å². The van der Waals surface area contributed by atoms with Gasteiger partial charge in [-0.05, 0) is 19.8 Å². The maximum absolute atomic E-state index is 11.2. The average molecular weight is 237 g/mol. The van der Waals surface area contributed by atoms with Crippen LogP contribution in [0.15, 0.2) is 0 Å². The molecule has 0 saturated heterocycles. The number of aryl methyl sites for hydroxylation is 2. The Morgan fingerprint density at radius 2 is 1.82 bits per heavy atom. The second-order valence-corrected chi connectivity index (χ2v) is 3.54. The van der Waals surface area contributed by atoms with E-state index in [0.29, 0.717) is 12.5 Å². The summed E-state index contributed by atoms with van der Waals surface area (Å²) in [7, 11) is 0. The maximum atomic E-state index is 11.2. The molecule has 1 aromatic heterocycles. The van der Waals surface area contributed by atoms with Gasteiger partial charge in [0.25, 0.3) is 0 Å². The molecule has 94 valence electrons. The minimum Gasteiger partial charge on any atom is -0.355 e. The van der Waals surface area contributed by atoms with Crippen LogP contribution in [0.4, 0.5) is 5.95 Å². The summed E-state index contributed by atoms with van der Waals surface area (Å²) in [6, 6.07) is 0. The summed E-state index contributed by atoms with van der Waals surface area (Å²) in [5.74, 6) is 0.332. The van der Waals surface area contributed by atoms with Crippen LogP contribution in [0.2, 0.25) is 0 Å². The Bertz CT molecular complexity index is 380. The Morgan fingerprint density at radius 1 is 1.12 bits per heavy atom. The molecule has 1 rings (SSSR count). The van der Waals surface area contributed by atoms with Crippen LogP contribution < -0.4 is 10.6 Å². The topological polar surface area (TPSA) is 79.8 Å². The predicted octanol–water partition coefficient (Wildman–Crippen LogP) is 0.544. The number of amides is 1. The van der Waals surface area contributed by atoms with Crippen molar-refractivity contribution in [3.05, 3.63) is 11.4 Å². The van der Waals surface area contributed by atoms with Crippen LogP contribution in [0, 0.1) is 0 Å². The number of anilines is 1. The van der Waals surface area contributed by atoms with Crippen molar-refractivity contribution in [3.63, 3.8) is 0 Å². The van der Waals surface area contributed by atoms with E-state index in [9.17, 15) is 4.79 Å². The normalized spacial score (nSPS) is 10.1. The van der Waals surface area contributed by atoms with Crippen molar-refractivity contribution in [1.82, 2.24) is 20.5 Å². The lowest BCUT2D eigenvalue weighted by Gasteiger charge is -2.07. The highest BCUT2D eigenvalue weighted by atomic mass is 16.1. The fourth-order valence-electron chi connectivity index (χ4n) is 1.43. The second-order valence-electron chi connectivity index (χ2n) is 3.54. The second kappa shape index (κ2) is 6.78. The number of aromatic nitrogens is 3. The zero-order chi connectivity index (χ0) is 12.7. The van der Waals surface area contributed by atoms with Crippen LogP contribution in [0.5, 0.6) is 0 Å². The van der Waals surface area contributed by atoms with E-state index < -0.39 is 0 Å². The first-order valence-electron chi connectivity index (χ1n) is 5.94. The van der Waals surface area contributed by atoms with Gasteiger partial charge in [0.15, 0.2) is 0 Å². The number of hydrogen-bond acceptors (Lipinski definition) is 5. The first kappa shape index (κ1) is 13.3. The number of hydrogen-bond donors (Lipinski definition) is 2. The van der Waals surface area contributed by atoms with E-state index in [1.165, 1.54) is 0 Å². The molecule has 0 radical (unpaired) electrons. The quantitative estimate of drug-likeness (QED) is 0.755. The average Bonchev–Trinajstić information content (AvgIpc) is 2.36. The lowest BCUT2D eigenvalue weighted by Crippen LogP contribution is -2.30. The van der Waals surface area contributed by atoms with Crippen molar-refractivity contribution in [3.8, 4) is 0 Å². The van der Waals surface area contributed by atoms with Gasteiger partial charge in [0, 0.05) is 6.54 Å². The minimum absolute atomic E-state index is 0.0753. The van der Waals surface area contributed by atoms with Gasteiger partial charge in [-0.1, -0.05) is 13.8 Å². The zero-order valence-electron chi connectivity index (χ0n) is 10.6. The van der Waals surface area contributed by atoms with Crippen LogP contribution in [0.3, 0.4) is 0 Å². The summed E-state index contributed by atoms with van der Waals surface area (Å²) in [6.45, 7) is 6.71. The lowest BCUT2D eigenvalue weighted by molar-refractivity contribution is -0.119. The molecule has 6 nitrogen and oxygen atoms in total. The van der Waals surface area contributed by atoms with Crippen LogP contribution in [-0.2, 0) is 17.6 Å². The Hall–Kier alpha value is -1.72. The molecule has 6 heteroatoms. The van der Waals surface area contributed by atoms with Crippen molar-refractivity contribution < 1.29 is 4.79 Å². The molecule has 0 fully saturated rings. The van der Waals surface area contributed by atoms with E-state index in [2.05, 4.69) is 25.8 Å². The summed E-state index contributed by atoms with van der Waals surface area (Å²) in [5, 5.41) is 13.6. The molecule has 1 amide bonds. The highest BCUT2D eigenvalue weighted by Crippen LogP contribution is 2.06. The molecule has 0 aliphatic carbocycles. The van der Waals surface area contributed by atoms with Gasteiger partial charge < -0.3 is 10.6 Å². The molecule has 0 unspecified atom stereocenters. The Labute approximate surface area is 101 Å². The van der Waals surface area contributed by atoms with Gasteiger partial charge in [0.05, 0.1) is 17.9 Å². The monoisotopic (exact) mass is 237 g/mol. The molecule has 0 aliphatic rings. The third-order valence-corrected chi connectivity index (χ3v) is 2.29. The van der Waals surface area contributed by atoms with Crippen LogP contribution in [-0.4, -0.2) is 34.2 Å². The fraction of sp³-hybridized carbons (Fsp3) is 0.636.